The second kappa shape index (κ2) is 11.3. The van der Waals surface area contributed by atoms with Crippen molar-refractivity contribution in [1.82, 2.24) is 4.90 Å². The van der Waals surface area contributed by atoms with E-state index in [2.05, 4.69) is 22.5 Å². The van der Waals surface area contributed by atoms with Gasteiger partial charge >= 0.3 is 5.97 Å². The zero-order valence-electron chi connectivity index (χ0n) is 21.5. The lowest BCUT2D eigenvalue weighted by Gasteiger charge is -2.47. The van der Waals surface area contributed by atoms with Crippen molar-refractivity contribution in [1.29, 1.82) is 0 Å². The summed E-state index contributed by atoms with van der Waals surface area (Å²) in [7, 11) is 0.529. The monoisotopic (exact) mass is 575 g/mol. The Morgan fingerprint density at radius 2 is 1.69 bits per heavy atom. The summed E-state index contributed by atoms with van der Waals surface area (Å²) in [4.78, 5) is 29.6. The minimum Gasteiger partial charge on any atom is -0.497 e. The molecule has 36 heavy (non-hydrogen) atoms. The lowest BCUT2D eigenvalue weighted by molar-refractivity contribution is -0.175. The minimum atomic E-state index is -2.37. The Balaban J connectivity index is 2.09. The van der Waals surface area contributed by atoms with Gasteiger partial charge in [0.05, 0.1) is 27.4 Å². The molecule has 0 aliphatic carbocycles. The molecular weight excluding hydrogens is 542 g/mol. The summed E-state index contributed by atoms with van der Waals surface area (Å²) < 4.78 is 23.4. The van der Waals surface area contributed by atoms with Crippen LogP contribution in [0.5, 0.6) is 5.75 Å². The molecule has 3 rings (SSSR count). The van der Waals surface area contributed by atoms with Crippen LogP contribution in [-0.2, 0) is 36.6 Å². The molecule has 1 aliphatic heterocycles. The number of alkyl halides is 1. The summed E-state index contributed by atoms with van der Waals surface area (Å²) >= 11 is 3.54. The number of hydrogen-bond acceptors (Lipinski definition) is 6. The van der Waals surface area contributed by atoms with E-state index in [-0.39, 0.29) is 31.2 Å². The van der Waals surface area contributed by atoms with E-state index in [4.69, 9.17) is 18.6 Å². The Morgan fingerprint density at radius 1 is 1.06 bits per heavy atom. The zero-order valence-corrected chi connectivity index (χ0v) is 24.1. The standard InChI is InChI=1S/C27H34BrNO6Si/c1-20-24(30)29(16-21-12-14-23(32-3)15-13-21)27(25(31)33-4,26(20,2)35-36(5,6)19-28)18-34-17-22-10-8-7-9-11-22/h7-15H,1,16-19H2,2-6H3/t26-,27-/m0/s1. The van der Waals surface area contributed by atoms with Crippen molar-refractivity contribution >= 4 is 36.1 Å². The van der Waals surface area contributed by atoms with Gasteiger partial charge in [0.15, 0.2) is 13.9 Å². The number of rotatable bonds is 11. The van der Waals surface area contributed by atoms with Gasteiger partial charge in [0.25, 0.3) is 5.91 Å². The molecular formula is C27H34BrNO6Si. The van der Waals surface area contributed by atoms with Crippen LogP contribution in [0.1, 0.15) is 18.1 Å². The molecule has 0 bridgehead atoms. The summed E-state index contributed by atoms with van der Waals surface area (Å²) in [6, 6.07) is 17.0. The van der Waals surface area contributed by atoms with Crippen LogP contribution in [0, 0.1) is 0 Å². The Labute approximate surface area is 222 Å². The van der Waals surface area contributed by atoms with Crippen LogP contribution >= 0.6 is 15.9 Å². The van der Waals surface area contributed by atoms with Gasteiger partial charge in [0, 0.05) is 17.1 Å². The maximum atomic E-state index is 13.8. The SMILES string of the molecule is C=C1C(=O)N(Cc2ccc(OC)cc2)[C@@](COCc2ccccc2)(C(=O)OC)[C@@]1(C)O[Si](C)(C)CBr. The van der Waals surface area contributed by atoms with Crippen molar-refractivity contribution in [2.75, 3.05) is 25.8 Å². The Kier molecular flexibility index (Phi) is 8.82. The molecule has 1 fully saturated rings. The molecule has 0 radical (unpaired) electrons. The van der Waals surface area contributed by atoms with Gasteiger partial charge in [-0.2, -0.15) is 0 Å². The zero-order chi connectivity index (χ0) is 26.6. The fourth-order valence-electron chi connectivity index (χ4n) is 4.53. The van der Waals surface area contributed by atoms with Gasteiger partial charge in [0.2, 0.25) is 0 Å². The number of methoxy groups -OCH3 is 2. The number of carbonyl (C=O) groups is 2. The lowest BCUT2D eigenvalue weighted by atomic mass is 9.80. The predicted molar refractivity (Wildman–Crippen MR) is 144 cm³/mol. The first-order chi connectivity index (χ1) is 17.0. The summed E-state index contributed by atoms with van der Waals surface area (Å²) in [5, 5.41) is 0. The Hall–Kier alpha value is -2.46. The largest absolute Gasteiger partial charge is 0.497 e. The van der Waals surface area contributed by atoms with Gasteiger partial charge in [0.1, 0.15) is 11.4 Å². The summed E-state index contributed by atoms with van der Waals surface area (Å²) in [6.07, 6.45) is 0. The highest BCUT2D eigenvalue weighted by Gasteiger charge is 2.70. The number of hydrogen-bond donors (Lipinski definition) is 0. The predicted octanol–water partition coefficient (Wildman–Crippen LogP) is 4.64. The number of halogens is 1. The van der Waals surface area contributed by atoms with Crippen molar-refractivity contribution in [2.45, 2.75) is 44.3 Å². The van der Waals surface area contributed by atoms with E-state index >= 15 is 0 Å². The first kappa shape index (κ1) is 28.1. The number of amides is 1. The first-order valence-corrected chi connectivity index (χ1v) is 15.9. The summed E-state index contributed by atoms with van der Waals surface area (Å²) in [5.74, 6) is -0.293. The van der Waals surface area contributed by atoms with Crippen molar-refractivity contribution in [3.05, 3.63) is 77.9 Å². The molecule has 1 aliphatic rings. The minimum absolute atomic E-state index is 0.126. The molecule has 2 atom stereocenters. The second-order valence-corrected chi connectivity index (χ2v) is 15.2. The third-order valence-electron chi connectivity index (χ3n) is 6.58. The molecule has 9 heteroatoms. The normalized spacial score (nSPS) is 22.1. The van der Waals surface area contributed by atoms with E-state index in [1.54, 1.807) is 14.0 Å². The van der Waals surface area contributed by atoms with Crippen molar-refractivity contribution in [3.63, 3.8) is 0 Å². The van der Waals surface area contributed by atoms with Crippen molar-refractivity contribution in [3.8, 4) is 5.75 Å². The summed E-state index contributed by atoms with van der Waals surface area (Å²) in [6.45, 7) is 10.2. The maximum Gasteiger partial charge on any atom is 0.337 e. The van der Waals surface area contributed by atoms with Crippen LogP contribution in [0.15, 0.2) is 66.7 Å². The first-order valence-electron chi connectivity index (χ1n) is 11.6. The molecule has 1 heterocycles. The fraction of sp³-hybridized carbons (Fsp3) is 0.407. The summed E-state index contributed by atoms with van der Waals surface area (Å²) in [5.41, 5.74) is -0.998. The molecule has 1 amide bonds. The molecule has 2 aromatic carbocycles. The highest BCUT2D eigenvalue weighted by atomic mass is 79.9. The van der Waals surface area contributed by atoms with Gasteiger partial charge in [-0.05, 0) is 43.3 Å². The van der Waals surface area contributed by atoms with Gasteiger partial charge < -0.3 is 23.5 Å². The van der Waals surface area contributed by atoms with E-state index < -0.39 is 25.4 Å². The average molecular weight is 577 g/mol. The van der Waals surface area contributed by atoms with E-state index in [1.807, 2.05) is 67.7 Å². The van der Waals surface area contributed by atoms with E-state index in [0.717, 1.165) is 11.1 Å². The highest BCUT2D eigenvalue weighted by molar-refractivity contribution is 9.09. The molecule has 2 aromatic rings. The van der Waals surface area contributed by atoms with Gasteiger partial charge in [-0.15, -0.1) is 0 Å². The average Bonchev–Trinajstić information content (AvgIpc) is 3.03. The smallest absolute Gasteiger partial charge is 0.337 e. The molecule has 0 unspecified atom stereocenters. The van der Waals surface area contributed by atoms with Gasteiger partial charge in [-0.25, -0.2) is 4.79 Å². The van der Waals surface area contributed by atoms with E-state index in [0.29, 0.717) is 10.7 Å². The highest BCUT2D eigenvalue weighted by Crippen LogP contribution is 2.48. The molecule has 0 saturated carbocycles. The third-order valence-corrected chi connectivity index (χ3v) is 12.2. The van der Waals surface area contributed by atoms with Crippen LogP contribution in [-0.4, -0.2) is 62.0 Å². The van der Waals surface area contributed by atoms with Crippen LogP contribution in [0.25, 0.3) is 0 Å². The number of carbonyl (C=O) groups excluding carboxylic acids is 2. The second-order valence-electron chi connectivity index (χ2n) is 9.58. The van der Waals surface area contributed by atoms with E-state index in [1.165, 1.54) is 12.0 Å². The maximum absolute atomic E-state index is 13.8. The van der Waals surface area contributed by atoms with Crippen molar-refractivity contribution in [2.24, 2.45) is 0 Å². The van der Waals surface area contributed by atoms with Crippen LogP contribution in [0.4, 0.5) is 0 Å². The number of esters is 1. The lowest BCUT2D eigenvalue weighted by Crippen LogP contribution is -2.68. The van der Waals surface area contributed by atoms with Crippen molar-refractivity contribution < 1.29 is 28.2 Å². The Morgan fingerprint density at radius 3 is 2.25 bits per heavy atom. The van der Waals surface area contributed by atoms with Gasteiger partial charge in [-0.1, -0.05) is 65.0 Å². The fourth-order valence-corrected chi connectivity index (χ4v) is 6.33. The number of benzene rings is 2. The number of ether oxygens (including phenoxy) is 3. The molecule has 194 valence electrons. The van der Waals surface area contributed by atoms with Gasteiger partial charge in [-0.3, -0.25) is 4.79 Å². The Bertz CT molecular complexity index is 1090. The molecule has 0 spiro atoms. The molecule has 0 aromatic heterocycles. The molecule has 7 nitrogen and oxygen atoms in total. The van der Waals surface area contributed by atoms with Crippen LogP contribution < -0.4 is 4.74 Å². The molecule has 0 N–H and O–H groups in total. The topological polar surface area (TPSA) is 74.3 Å². The molecule has 1 saturated heterocycles. The third kappa shape index (κ3) is 5.29. The quantitative estimate of drug-likeness (QED) is 0.168. The van der Waals surface area contributed by atoms with E-state index in [9.17, 15) is 9.59 Å². The van der Waals surface area contributed by atoms with Crippen LogP contribution in [0.2, 0.25) is 13.1 Å². The van der Waals surface area contributed by atoms with Crippen LogP contribution in [0.3, 0.4) is 0 Å². The number of nitrogens with zero attached hydrogens (tertiary/aromatic N) is 1. The number of likely N-dealkylation sites (tertiary alicyclic amines) is 1.